The molecule has 3 rings (SSSR count). The molecule has 128 valence electrons. The van der Waals surface area contributed by atoms with Gasteiger partial charge in [-0.15, -0.1) is 0 Å². The van der Waals surface area contributed by atoms with Crippen molar-refractivity contribution in [1.82, 2.24) is 4.90 Å². The Morgan fingerprint density at radius 1 is 1.25 bits per heavy atom. The highest BCUT2D eigenvalue weighted by Gasteiger charge is 2.25. The van der Waals surface area contributed by atoms with Gasteiger partial charge in [0.1, 0.15) is 5.76 Å². The highest BCUT2D eigenvalue weighted by atomic mass is 16.3. The van der Waals surface area contributed by atoms with Crippen molar-refractivity contribution >= 4 is 11.6 Å². The van der Waals surface area contributed by atoms with Crippen LogP contribution in [0.1, 0.15) is 37.1 Å². The van der Waals surface area contributed by atoms with Gasteiger partial charge in [-0.25, -0.2) is 0 Å². The molecule has 5 heteroatoms. The van der Waals surface area contributed by atoms with Crippen molar-refractivity contribution in [3.8, 4) is 0 Å². The lowest BCUT2D eigenvalue weighted by Crippen LogP contribution is -2.30. The first-order chi connectivity index (χ1) is 11.8. The second-order valence-electron chi connectivity index (χ2n) is 6.18. The van der Waals surface area contributed by atoms with Gasteiger partial charge in [0.2, 0.25) is 0 Å². The maximum Gasteiger partial charge on any atom is 0.193 e. The molecule has 1 unspecified atom stereocenters. The summed E-state index contributed by atoms with van der Waals surface area (Å²) in [5.74, 6) is 1.40. The summed E-state index contributed by atoms with van der Waals surface area (Å²) in [5, 5.41) is 3.16. The molecule has 24 heavy (non-hydrogen) atoms. The Kier molecular flexibility index (Phi) is 5.54. The Hall–Kier alpha value is -2.27. The number of rotatable bonds is 6. The molecule has 1 atom stereocenters. The summed E-state index contributed by atoms with van der Waals surface area (Å²) in [6, 6.07) is 12.4. The maximum absolute atomic E-state index is 6.07. The molecule has 0 bridgehead atoms. The monoisotopic (exact) mass is 326 g/mol. The van der Waals surface area contributed by atoms with Crippen molar-refractivity contribution in [3.05, 3.63) is 54.0 Å². The van der Waals surface area contributed by atoms with E-state index in [-0.39, 0.29) is 6.04 Å². The van der Waals surface area contributed by atoms with Gasteiger partial charge in [-0.2, -0.15) is 0 Å². The number of likely N-dealkylation sites (tertiary alicyclic amines) is 1. The fraction of sp³-hybridized carbons (Fsp3) is 0.421. The van der Waals surface area contributed by atoms with E-state index in [1.54, 1.807) is 6.26 Å². The van der Waals surface area contributed by atoms with Crippen molar-refractivity contribution in [1.29, 1.82) is 0 Å². The fourth-order valence-electron chi connectivity index (χ4n) is 3.12. The SMILES string of the molecule is CCc1ccc(NC(N)=NCC(c2ccco2)N2CCCC2)cc1. The molecule has 0 amide bonds. The van der Waals surface area contributed by atoms with E-state index >= 15 is 0 Å². The van der Waals surface area contributed by atoms with Gasteiger partial charge >= 0.3 is 0 Å². The van der Waals surface area contributed by atoms with E-state index in [9.17, 15) is 0 Å². The number of nitrogens with zero attached hydrogens (tertiary/aromatic N) is 2. The van der Waals surface area contributed by atoms with Crippen molar-refractivity contribution in [2.75, 3.05) is 25.0 Å². The quantitative estimate of drug-likeness (QED) is 0.630. The average molecular weight is 326 g/mol. The third-order valence-electron chi connectivity index (χ3n) is 4.52. The predicted molar refractivity (Wildman–Crippen MR) is 98.2 cm³/mol. The molecule has 3 N–H and O–H groups in total. The third kappa shape index (κ3) is 4.17. The molecule has 1 aromatic heterocycles. The summed E-state index contributed by atoms with van der Waals surface area (Å²) >= 11 is 0. The van der Waals surface area contributed by atoms with Crippen LogP contribution < -0.4 is 11.1 Å². The maximum atomic E-state index is 6.07. The molecule has 5 nitrogen and oxygen atoms in total. The van der Waals surface area contributed by atoms with Crippen LogP contribution in [0.25, 0.3) is 0 Å². The molecule has 0 aliphatic carbocycles. The lowest BCUT2D eigenvalue weighted by molar-refractivity contribution is 0.221. The number of aryl methyl sites for hydroxylation is 1. The summed E-state index contributed by atoms with van der Waals surface area (Å²) in [5.41, 5.74) is 8.34. The standard InChI is InChI=1S/C19H26N4O/c1-2-15-7-9-16(10-8-15)22-19(20)21-14-17(18-6-5-13-24-18)23-11-3-4-12-23/h5-10,13,17H,2-4,11-12,14H2,1H3,(H3,20,21,22). The zero-order valence-corrected chi connectivity index (χ0v) is 14.2. The van der Waals surface area contributed by atoms with E-state index in [0.29, 0.717) is 12.5 Å². The molecule has 1 saturated heterocycles. The van der Waals surface area contributed by atoms with Gasteiger partial charge in [0.25, 0.3) is 0 Å². The molecule has 1 fully saturated rings. The molecule has 2 heterocycles. The van der Waals surface area contributed by atoms with Crippen molar-refractivity contribution in [2.45, 2.75) is 32.2 Å². The van der Waals surface area contributed by atoms with Gasteiger partial charge in [-0.3, -0.25) is 9.89 Å². The third-order valence-corrected chi connectivity index (χ3v) is 4.52. The van der Waals surface area contributed by atoms with Crippen LogP contribution in [-0.4, -0.2) is 30.5 Å². The number of nitrogens with two attached hydrogens (primary N) is 1. The van der Waals surface area contributed by atoms with Gasteiger partial charge < -0.3 is 15.5 Å². The van der Waals surface area contributed by atoms with Crippen molar-refractivity contribution in [2.24, 2.45) is 10.7 Å². The summed E-state index contributed by atoms with van der Waals surface area (Å²) < 4.78 is 5.61. The number of nitrogens with one attached hydrogen (secondary N) is 1. The Morgan fingerprint density at radius 2 is 2.00 bits per heavy atom. The first-order valence-electron chi connectivity index (χ1n) is 8.69. The minimum atomic E-state index is 0.158. The second-order valence-corrected chi connectivity index (χ2v) is 6.18. The van der Waals surface area contributed by atoms with Crippen LogP contribution in [0.4, 0.5) is 5.69 Å². The lowest BCUT2D eigenvalue weighted by atomic mass is 10.1. The Balaban J connectivity index is 1.64. The van der Waals surface area contributed by atoms with Crippen LogP contribution >= 0.6 is 0 Å². The van der Waals surface area contributed by atoms with Crippen molar-refractivity contribution in [3.63, 3.8) is 0 Å². The van der Waals surface area contributed by atoms with Gasteiger partial charge in [0.15, 0.2) is 5.96 Å². The largest absolute Gasteiger partial charge is 0.468 e. The molecule has 0 radical (unpaired) electrons. The minimum Gasteiger partial charge on any atom is -0.468 e. The van der Waals surface area contributed by atoms with Crippen LogP contribution in [0.15, 0.2) is 52.1 Å². The number of hydrogen-bond acceptors (Lipinski definition) is 3. The summed E-state index contributed by atoms with van der Waals surface area (Å²) in [4.78, 5) is 6.97. The Morgan fingerprint density at radius 3 is 2.62 bits per heavy atom. The normalized spacial score (nSPS) is 17.1. The van der Waals surface area contributed by atoms with Crippen LogP contribution in [0.2, 0.25) is 0 Å². The van der Waals surface area contributed by atoms with Gasteiger partial charge in [-0.05, 0) is 62.2 Å². The molecule has 0 saturated carbocycles. The van der Waals surface area contributed by atoms with Gasteiger partial charge in [0, 0.05) is 5.69 Å². The molecule has 1 aliphatic rings. The number of hydrogen-bond donors (Lipinski definition) is 2. The van der Waals surface area contributed by atoms with E-state index < -0.39 is 0 Å². The van der Waals surface area contributed by atoms with Crippen LogP contribution in [0.5, 0.6) is 0 Å². The number of furan rings is 1. The number of guanidine groups is 1. The Labute approximate surface area is 143 Å². The highest BCUT2D eigenvalue weighted by Crippen LogP contribution is 2.25. The molecule has 2 aromatic rings. The summed E-state index contributed by atoms with van der Waals surface area (Å²) in [7, 11) is 0. The predicted octanol–water partition coefficient (Wildman–Crippen LogP) is 3.41. The van der Waals surface area contributed by atoms with Crippen LogP contribution in [0.3, 0.4) is 0 Å². The zero-order chi connectivity index (χ0) is 16.8. The fourth-order valence-corrected chi connectivity index (χ4v) is 3.12. The van der Waals surface area contributed by atoms with E-state index in [2.05, 4.69) is 34.3 Å². The van der Waals surface area contributed by atoms with Gasteiger partial charge in [-0.1, -0.05) is 19.1 Å². The van der Waals surface area contributed by atoms with E-state index in [0.717, 1.165) is 31.0 Å². The first-order valence-corrected chi connectivity index (χ1v) is 8.69. The number of benzene rings is 1. The Bertz CT molecular complexity index is 643. The van der Waals surface area contributed by atoms with Crippen LogP contribution in [-0.2, 0) is 6.42 Å². The van der Waals surface area contributed by atoms with Crippen LogP contribution in [0, 0.1) is 0 Å². The zero-order valence-electron chi connectivity index (χ0n) is 14.2. The smallest absolute Gasteiger partial charge is 0.193 e. The van der Waals surface area contributed by atoms with Gasteiger partial charge in [0.05, 0.1) is 18.8 Å². The lowest BCUT2D eigenvalue weighted by Gasteiger charge is -2.24. The number of aliphatic imine (C=N–C) groups is 1. The summed E-state index contributed by atoms with van der Waals surface area (Å²) in [6.07, 6.45) is 5.22. The summed E-state index contributed by atoms with van der Waals surface area (Å²) in [6.45, 7) is 4.92. The molecule has 1 aromatic carbocycles. The molecular formula is C19H26N4O. The number of anilines is 1. The van der Waals surface area contributed by atoms with E-state index in [4.69, 9.17) is 10.2 Å². The van der Waals surface area contributed by atoms with Crippen molar-refractivity contribution < 1.29 is 4.42 Å². The minimum absolute atomic E-state index is 0.158. The van der Waals surface area contributed by atoms with E-state index in [1.165, 1.54) is 18.4 Å². The second kappa shape index (κ2) is 8.02. The average Bonchev–Trinajstić information content (AvgIpc) is 3.30. The topological polar surface area (TPSA) is 66.8 Å². The molecular weight excluding hydrogens is 300 g/mol. The molecule has 1 aliphatic heterocycles. The highest BCUT2D eigenvalue weighted by molar-refractivity contribution is 5.92. The molecule has 0 spiro atoms. The van der Waals surface area contributed by atoms with E-state index in [1.807, 2.05) is 24.3 Å². The first kappa shape index (κ1) is 16.6.